The molecule has 0 saturated carbocycles. The van der Waals surface area contributed by atoms with Crippen molar-refractivity contribution in [3.05, 3.63) is 47.3 Å². The minimum atomic E-state index is -4.59. The van der Waals surface area contributed by atoms with Crippen LogP contribution in [0.25, 0.3) is 0 Å². The predicted molar refractivity (Wildman–Crippen MR) is 99.2 cm³/mol. The van der Waals surface area contributed by atoms with Crippen LogP contribution in [-0.2, 0) is 22.3 Å². The second-order valence-corrected chi connectivity index (χ2v) is 6.48. The first-order valence-electron chi connectivity index (χ1n) is 9.09. The highest BCUT2D eigenvalue weighted by atomic mass is 19.4. The summed E-state index contributed by atoms with van der Waals surface area (Å²) in [7, 11) is 0. The number of aliphatic carboxylic acids is 2. The number of benzene rings is 1. The van der Waals surface area contributed by atoms with Gasteiger partial charge in [-0.25, -0.2) is 14.0 Å². The SMILES string of the molecule is O=C(O)C=CC(=O)O.OCCN(Cc1ccc(F)cc1C(F)(F)F)C1CCNCC1. The number of carbonyl (C=O) groups is 2. The first-order chi connectivity index (χ1) is 14.0. The fourth-order valence-electron chi connectivity index (χ4n) is 3.00. The molecule has 0 spiro atoms. The highest BCUT2D eigenvalue weighted by Gasteiger charge is 2.34. The monoisotopic (exact) mass is 436 g/mol. The van der Waals surface area contributed by atoms with Gasteiger partial charge in [0.2, 0.25) is 0 Å². The number of nitrogens with zero attached hydrogens (tertiary/aromatic N) is 1. The second kappa shape index (κ2) is 12.3. The van der Waals surface area contributed by atoms with Crippen LogP contribution >= 0.6 is 0 Å². The van der Waals surface area contributed by atoms with Crippen molar-refractivity contribution >= 4 is 11.9 Å². The van der Waals surface area contributed by atoms with E-state index >= 15 is 0 Å². The Morgan fingerprint density at radius 2 is 1.70 bits per heavy atom. The summed E-state index contributed by atoms with van der Waals surface area (Å²) in [4.78, 5) is 21.0. The molecule has 0 amide bonds. The standard InChI is InChI=1S/C15H20F4N2O.C4H4O4/c16-12-2-1-11(14(9-12)15(17,18)19)10-21(7-8-22)13-3-5-20-6-4-13;5-3(6)1-2-4(7)8/h1-2,9,13,20,22H,3-8,10H2;1-2H,(H,5,6)(H,7,8). The summed E-state index contributed by atoms with van der Waals surface area (Å²) in [6.45, 7) is 1.86. The predicted octanol–water partition coefficient (Wildman–Crippen LogP) is 2.10. The average Bonchev–Trinajstić information content (AvgIpc) is 2.67. The maximum Gasteiger partial charge on any atom is 0.416 e. The number of piperidine rings is 1. The summed E-state index contributed by atoms with van der Waals surface area (Å²) in [6.07, 6.45) is -1.83. The molecule has 1 heterocycles. The maximum absolute atomic E-state index is 13.2. The first-order valence-corrected chi connectivity index (χ1v) is 9.09. The molecule has 168 valence electrons. The van der Waals surface area contributed by atoms with Crippen molar-refractivity contribution in [2.75, 3.05) is 26.2 Å². The Kier molecular flexibility index (Phi) is 10.4. The van der Waals surface area contributed by atoms with Crippen molar-refractivity contribution in [1.29, 1.82) is 0 Å². The van der Waals surface area contributed by atoms with Crippen molar-refractivity contribution in [1.82, 2.24) is 10.2 Å². The zero-order valence-electron chi connectivity index (χ0n) is 16.0. The fourth-order valence-corrected chi connectivity index (χ4v) is 3.00. The van der Waals surface area contributed by atoms with E-state index in [9.17, 15) is 32.3 Å². The molecule has 11 heteroatoms. The molecule has 1 aliphatic rings. The van der Waals surface area contributed by atoms with Gasteiger partial charge in [0.1, 0.15) is 5.82 Å². The summed E-state index contributed by atoms with van der Waals surface area (Å²) >= 11 is 0. The normalized spacial score (nSPS) is 15.1. The molecule has 1 aromatic carbocycles. The van der Waals surface area contributed by atoms with E-state index in [1.54, 1.807) is 0 Å². The Bertz CT molecular complexity index is 718. The smallest absolute Gasteiger partial charge is 0.416 e. The van der Waals surface area contributed by atoms with Gasteiger partial charge in [0.15, 0.2) is 0 Å². The molecule has 2 rings (SSSR count). The van der Waals surface area contributed by atoms with Crippen LogP contribution in [-0.4, -0.2) is 64.4 Å². The van der Waals surface area contributed by atoms with E-state index in [2.05, 4.69) is 5.32 Å². The van der Waals surface area contributed by atoms with E-state index < -0.39 is 29.5 Å². The van der Waals surface area contributed by atoms with Gasteiger partial charge in [-0.15, -0.1) is 0 Å². The lowest BCUT2D eigenvalue weighted by atomic mass is 10.0. The third kappa shape index (κ3) is 9.33. The van der Waals surface area contributed by atoms with Crippen molar-refractivity contribution in [2.24, 2.45) is 0 Å². The molecular weight excluding hydrogens is 412 g/mol. The van der Waals surface area contributed by atoms with Crippen LogP contribution in [0.4, 0.5) is 17.6 Å². The summed E-state index contributed by atoms with van der Waals surface area (Å²) in [5, 5.41) is 28.0. The van der Waals surface area contributed by atoms with Gasteiger partial charge in [0, 0.05) is 31.3 Å². The molecule has 30 heavy (non-hydrogen) atoms. The number of aliphatic hydroxyl groups is 1. The summed E-state index contributed by atoms with van der Waals surface area (Å²) in [6, 6.07) is 2.89. The first kappa shape index (κ1) is 25.5. The zero-order chi connectivity index (χ0) is 22.7. The minimum absolute atomic E-state index is 0.0425. The van der Waals surface area contributed by atoms with Crippen LogP contribution in [0.5, 0.6) is 0 Å². The van der Waals surface area contributed by atoms with Crippen molar-refractivity contribution in [3.63, 3.8) is 0 Å². The lowest BCUT2D eigenvalue weighted by Crippen LogP contribution is -2.44. The average molecular weight is 436 g/mol. The van der Waals surface area contributed by atoms with E-state index in [1.165, 1.54) is 6.07 Å². The quantitative estimate of drug-likeness (QED) is 0.383. The lowest BCUT2D eigenvalue weighted by Gasteiger charge is -2.34. The summed E-state index contributed by atoms with van der Waals surface area (Å²) in [5.41, 5.74) is -0.898. The van der Waals surface area contributed by atoms with Crippen molar-refractivity contribution in [2.45, 2.75) is 31.6 Å². The number of carboxylic acids is 2. The second-order valence-electron chi connectivity index (χ2n) is 6.48. The van der Waals surface area contributed by atoms with E-state index in [0.717, 1.165) is 32.0 Å². The Morgan fingerprint density at radius 3 is 2.17 bits per heavy atom. The Morgan fingerprint density at radius 1 is 1.13 bits per heavy atom. The Hall–Kier alpha value is -2.50. The zero-order valence-corrected chi connectivity index (χ0v) is 16.0. The summed E-state index contributed by atoms with van der Waals surface area (Å²) < 4.78 is 52.3. The summed E-state index contributed by atoms with van der Waals surface area (Å²) in [5.74, 6) is -3.41. The molecule has 4 N–H and O–H groups in total. The van der Waals surface area contributed by atoms with Crippen molar-refractivity contribution < 1.29 is 42.5 Å². The van der Waals surface area contributed by atoms with Gasteiger partial charge in [-0.3, -0.25) is 4.90 Å². The molecule has 1 fully saturated rings. The van der Waals surface area contributed by atoms with Crippen LogP contribution in [0, 0.1) is 5.82 Å². The van der Waals surface area contributed by atoms with Gasteiger partial charge in [-0.2, -0.15) is 13.2 Å². The molecule has 7 nitrogen and oxygen atoms in total. The lowest BCUT2D eigenvalue weighted by molar-refractivity contribution is -0.138. The Balaban J connectivity index is 0.000000479. The number of hydrogen-bond donors (Lipinski definition) is 4. The van der Waals surface area contributed by atoms with Crippen LogP contribution in [0.3, 0.4) is 0 Å². The molecule has 0 bridgehead atoms. The third-order valence-corrected chi connectivity index (χ3v) is 4.33. The number of aliphatic hydroxyl groups excluding tert-OH is 1. The molecule has 0 radical (unpaired) electrons. The molecule has 0 atom stereocenters. The van der Waals surface area contributed by atoms with Crippen molar-refractivity contribution in [3.8, 4) is 0 Å². The Labute approximate surface area is 170 Å². The fraction of sp³-hybridized carbons (Fsp3) is 0.474. The number of carboxylic acid groups (broad SMARTS) is 2. The molecule has 1 saturated heterocycles. The third-order valence-electron chi connectivity index (χ3n) is 4.33. The van der Waals surface area contributed by atoms with Gasteiger partial charge in [-0.1, -0.05) is 6.07 Å². The molecule has 0 aliphatic carbocycles. The van der Waals surface area contributed by atoms with E-state index in [0.29, 0.717) is 24.8 Å². The highest BCUT2D eigenvalue weighted by Crippen LogP contribution is 2.33. The van der Waals surface area contributed by atoms with Gasteiger partial charge in [0.05, 0.1) is 12.2 Å². The van der Waals surface area contributed by atoms with Crippen LogP contribution in [0.1, 0.15) is 24.0 Å². The molecule has 1 aliphatic heterocycles. The van der Waals surface area contributed by atoms with Crippen LogP contribution in [0.15, 0.2) is 30.4 Å². The van der Waals surface area contributed by atoms with Gasteiger partial charge in [-0.05, 0) is 43.6 Å². The van der Waals surface area contributed by atoms with E-state index in [-0.39, 0.29) is 24.8 Å². The van der Waals surface area contributed by atoms with E-state index in [1.807, 2.05) is 4.90 Å². The molecule has 0 unspecified atom stereocenters. The van der Waals surface area contributed by atoms with Crippen LogP contribution < -0.4 is 5.32 Å². The van der Waals surface area contributed by atoms with Gasteiger partial charge >= 0.3 is 18.1 Å². The van der Waals surface area contributed by atoms with Gasteiger partial charge in [0.25, 0.3) is 0 Å². The topological polar surface area (TPSA) is 110 Å². The number of alkyl halides is 3. The molecular formula is C19H24F4N2O5. The molecule has 0 aromatic heterocycles. The number of halogens is 4. The minimum Gasteiger partial charge on any atom is -0.478 e. The number of hydrogen-bond acceptors (Lipinski definition) is 5. The van der Waals surface area contributed by atoms with Gasteiger partial charge < -0.3 is 20.6 Å². The number of nitrogens with one attached hydrogen (secondary N) is 1. The van der Waals surface area contributed by atoms with E-state index in [4.69, 9.17) is 10.2 Å². The highest BCUT2D eigenvalue weighted by molar-refractivity contribution is 5.89. The van der Waals surface area contributed by atoms with Crippen LogP contribution in [0.2, 0.25) is 0 Å². The molecule has 1 aromatic rings. The largest absolute Gasteiger partial charge is 0.478 e. The maximum atomic E-state index is 13.2. The number of rotatable bonds is 7.